The van der Waals surface area contributed by atoms with Gasteiger partial charge in [-0.3, -0.25) is 14.5 Å². The van der Waals surface area contributed by atoms with Gasteiger partial charge in [0.15, 0.2) is 0 Å². The van der Waals surface area contributed by atoms with Gasteiger partial charge in [-0.2, -0.15) is 0 Å². The molecule has 4 heteroatoms. The van der Waals surface area contributed by atoms with Gasteiger partial charge in [0, 0.05) is 36.4 Å². The summed E-state index contributed by atoms with van der Waals surface area (Å²) in [5, 5.41) is 0. The normalized spacial score (nSPS) is 18.7. The SMILES string of the molecule is CN1C(=O)CC2(CC1=O)c1ccccc1Oc1ccccc12. The molecule has 0 atom stereocenters. The number of nitrogens with zero attached hydrogens (tertiary/aromatic N) is 1. The Kier molecular flexibility index (Phi) is 2.64. The number of hydrogen-bond donors (Lipinski definition) is 0. The highest BCUT2D eigenvalue weighted by Gasteiger charge is 2.49. The number of rotatable bonds is 0. The van der Waals surface area contributed by atoms with E-state index >= 15 is 0 Å². The van der Waals surface area contributed by atoms with Crippen LogP contribution in [0.3, 0.4) is 0 Å². The van der Waals surface area contributed by atoms with Gasteiger partial charge in [-0.1, -0.05) is 36.4 Å². The Morgan fingerprint density at radius 2 is 1.32 bits per heavy atom. The lowest BCUT2D eigenvalue weighted by Gasteiger charge is -2.43. The molecule has 0 aromatic heterocycles. The van der Waals surface area contributed by atoms with Gasteiger partial charge in [-0.15, -0.1) is 0 Å². The number of amides is 2. The second kappa shape index (κ2) is 4.44. The van der Waals surface area contributed by atoms with Crippen molar-refractivity contribution in [3.05, 3.63) is 59.7 Å². The number of likely N-dealkylation sites (tertiary alicyclic amines) is 1. The molecule has 2 aromatic rings. The largest absolute Gasteiger partial charge is 0.457 e. The Labute approximate surface area is 128 Å². The van der Waals surface area contributed by atoms with Crippen molar-refractivity contribution in [1.29, 1.82) is 0 Å². The summed E-state index contributed by atoms with van der Waals surface area (Å²) in [6, 6.07) is 15.3. The first-order valence-corrected chi connectivity index (χ1v) is 7.28. The van der Waals surface area contributed by atoms with Crippen molar-refractivity contribution < 1.29 is 14.3 Å². The molecule has 4 rings (SSSR count). The van der Waals surface area contributed by atoms with Crippen molar-refractivity contribution in [1.82, 2.24) is 4.90 Å². The summed E-state index contributed by atoms with van der Waals surface area (Å²) in [5.41, 5.74) is 1.22. The van der Waals surface area contributed by atoms with Gasteiger partial charge >= 0.3 is 0 Å². The lowest BCUT2D eigenvalue weighted by molar-refractivity contribution is -0.148. The number of carbonyl (C=O) groups excluding carboxylic acids is 2. The van der Waals surface area contributed by atoms with E-state index < -0.39 is 5.41 Å². The number of piperidine rings is 1. The van der Waals surface area contributed by atoms with Crippen LogP contribution >= 0.6 is 0 Å². The van der Waals surface area contributed by atoms with Crippen LogP contribution in [0.5, 0.6) is 11.5 Å². The van der Waals surface area contributed by atoms with Crippen LogP contribution in [0.4, 0.5) is 0 Å². The van der Waals surface area contributed by atoms with Crippen LogP contribution in [0.1, 0.15) is 24.0 Å². The average molecular weight is 293 g/mol. The van der Waals surface area contributed by atoms with Gasteiger partial charge in [-0.05, 0) is 12.1 Å². The van der Waals surface area contributed by atoms with Crippen LogP contribution < -0.4 is 4.74 Å². The predicted octanol–water partition coefficient (Wildman–Crippen LogP) is 2.86. The summed E-state index contributed by atoms with van der Waals surface area (Å²) in [4.78, 5) is 26.0. The van der Waals surface area contributed by atoms with Gasteiger partial charge in [0.05, 0.1) is 0 Å². The molecule has 4 nitrogen and oxygen atoms in total. The molecule has 2 aromatic carbocycles. The Bertz CT molecular complexity index is 731. The summed E-state index contributed by atoms with van der Waals surface area (Å²) >= 11 is 0. The molecule has 0 saturated carbocycles. The van der Waals surface area contributed by atoms with Crippen molar-refractivity contribution in [2.45, 2.75) is 18.3 Å². The maximum atomic E-state index is 12.4. The smallest absolute Gasteiger partial charge is 0.230 e. The molecular formula is C18H15NO3. The highest BCUT2D eigenvalue weighted by Crippen LogP contribution is 2.53. The van der Waals surface area contributed by atoms with Crippen LogP contribution in [0.2, 0.25) is 0 Å². The van der Waals surface area contributed by atoms with E-state index in [1.165, 1.54) is 4.90 Å². The maximum Gasteiger partial charge on any atom is 0.230 e. The molecule has 0 bridgehead atoms. The zero-order valence-corrected chi connectivity index (χ0v) is 12.2. The molecule has 22 heavy (non-hydrogen) atoms. The molecule has 1 spiro atoms. The number of imide groups is 1. The zero-order chi connectivity index (χ0) is 15.3. The van der Waals surface area contributed by atoms with E-state index in [0.717, 1.165) is 22.6 Å². The minimum atomic E-state index is -0.619. The van der Waals surface area contributed by atoms with Gasteiger partial charge in [0.25, 0.3) is 0 Å². The second-order valence-corrected chi connectivity index (χ2v) is 5.88. The van der Waals surface area contributed by atoms with Crippen molar-refractivity contribution in [2.75, 3.05) is 7.05 Å². The van der Waals surface area contributed by atoms with Crippen molar-refractivity contribution in [3.8, 4) is 11.5 Å². The first kappa shape index (κ1) is 13.1. The molecule has 0 radical (unpaired) electrons. The Hall–Kier alpha value is -2.62. The average Bonchev–Trinajstić information content (AvgIpc) is 2.53. The van der Waals surface area contributed by atoms with Crippen LogP contribution in [0.25, 0.3) is 0 Å². The molecule has 2 aliphatic heterocycles. The predicted molar refractivity (Wildman–Crippen MR) is 80.7 cm³/mol. The van der Waals surface area contributed by atoms with E-state index in [9.17, 15) is 9.59 Å². The maximum absolute atomic E-state index is 12.4. The molecule has 0 unspecified atom stereocenters. The highest BCUT2D eigenvalue weighted by molar-refractivity contribution is 6.00. The first-order chi connectivity index (χ1) is 10.6. The van der Waals surface area contributed by atoms with Crippen LogP contribution in [0.15, 0.2) is 48.5 Å². The Morgan fingerprint density at radius 3 is 1.82 bits per heavy atom. The number of benzene rings is 2. The molecule has 0 N–H and O–H groups in total. The first-order valence-electron chi connectivity index (χ1n) is 7.28. The van der Waals surface area contributed by atoms with Gasteiger partial charge < -0.3 is 4.74 Å². The fourth-order valence-corrected chi connectivity index (χ4v) is 3.50. The third-order valence-corrected chi connectivity index (χ3v) is 4.68. The van der Waals surface area contributed by atoms with Gasteiger partial charge in [0.2, 0.25) is 11.8 Å². The zero-order valence-electron chi connectivity index (χ0n) is 12.2. The third kappa shape index (κ3) is 1.64. The monoisotopic (exact) mass is 293 g/mol. The summed E-state index contributed by atoms with van der Waals surface area (Å²) in [5.74, 6) is 1.16. The Balaban J connectivity index is 1.99. The summed E-state index contributed by atoms with van der Waals surface area (Å²) < 4.78 is 5.97. The van der Waals surface area contributed by atoms with Crippen LogP contribution in [-0.2, 0) is 15.0 Å². The van der Waals surface area contributed by atoms with E-state index in [0.29, 0.717) is 0 Å². The fraction of sp³-hybridized carbons (Fsp3) is 0.222. The minimum Gasteiger partial charge on any atom is -0.457 e. The number of hydrogen-bond acceptors (Lipinski definition) is 3. The van der Waals surface area contributed by atoms with Crippen molar-refractivity contribution >= 4 is 11.8 Å². The molecule has 2 amide bonds. The lowest BCUT2D eigenvalue weighted by Crippen LogP contribution is -2.49. The number of fused-ring (bicyclic) bond motifs is 4. The quantitative estimate of drug-likeness (QED) is 0.702. The molecule has 2 aliphatic rings. The molecule has 1 saturated heterocycles. The lowest BCUT2D eigenvalue weighted by atomic mass is 9.66. The molecule has 2 heterocycles. The van der Waals surface area contributed by atoms with Crippen molar-refractivity contribution in [2.24, 2.45) is 0 Å². The molecule has 110 valence electrons. The molecule has 1 fully saturated rings. The number of ether oxygens (including phenoxy) is 1. The van der Waals surface area contributed by atoms with E-state index in [-0.39, 0.29) is 24.7 Å². The summed E-state index contributed by atoms with van der Waals surface area (Å²) in [7, 11) is 1.55. The summed E-state index contributed by atoms with van der Waals surface area (Å²) in [6.07, 6.45) is 0.569. The van der Waals surface area contributed by atoms with Crippen LogP contribution in [-0.4, -0.2) is 23.8 Å². The summed E-state index contributed by atoms with van der Waals surface area (Å²) in [6.45, 7) is 0. The van der Waals surface area contributed by atoms with Crippen molar-refractivity contribution in [3.63, 3.8) is 0 Å². The Morgan fingerprint density at radius 1 is 0.864 bits per heavy atom. The minimum absolute atomic E-state index is 0.150. The number of carbonyl (C=O) groups is 2. The van der Waals surface area contributed by atoms with E-state index in [1.54, 1.807) is 7.05 Å². The fourth-order valence-electron chi connectivity index (χ4n) is 3.50. The van der Waals surface area contributed by atoms with Crippen LogP contribution in [0, 0.1) is 0 Å². The van der Waals surface area contributed by atoms with Gasteiger partial charge in [-0.25, -0.2) is 0 Å². The third-order valence-electron chi connectivity index (χ3n) is 4.68. The van der Waals surface area contributed by atoms with Gasteiger partial charge in [0.1, 0.15) is 11.5 Å². The molecule has 0 aliphatic carbocycles. The second-order valence-electron chi connectivity index (χ2n) is 5.88. The molecular weight excluding hydrogens is 278 g/mol. The van der Waals surface area contributed by atoms with E-state index in [2.05, 4.69) is 0 Å². The highest BCUT2D eigenvalue weighted by atomic mass is 16.5. The standard InChI is InChI=1S/C18H15NO3/c1-19-16(20)10-18(11-17(19)21)12-6-2-4-8-14(12)22-15-9-5-3-7-13(15)18/h2-9H,10-11H2,1H3. The van der Waals surface area contributed by atoms with E-state index in [4.69, 9.17) is 4.74 Å². The van der Waals surface area contributed by atoms with E-state index in [1.807, 2.05) is 48.5 Å². The topological polar surface area (TPSA) is 46.6 Å². The number of para-hydroxylation sites is 2.